The van der Waals surface area contributed by atoms with Gasteiger partial charge >= 0.3 is 5.97 Å². The van der Waals surface area contributed by atoms with Crippen LogP contribution in [0.1, 0.15) is 32.0 Å². The van der Waals surface area contributed by atoms with Crippen molar-refractivity contribution >= 4 is 40.5 Å². The third-order valence-corrected chi connectivity index (χ3v) is 5.50. The van der Waals surface area contributed by atoms with E-state index in [1.54, 1.807) is 25.4 Å². The fourth-order valence-corrected chi connectivity index (χ4v) is 3.73. The summed E-state index contributed by atoms with van der Waals surface area (Å²) >= 11 is 7.32. The number of aromatic nitrogens is 2. The molecule has 3 rings (SSSR count). The molecule has 0 bridgehead atoms. The summed E-state index contributed by atoms with van der Waals surface area (Å²) in [5.41, 5.74) is 6.45. The molecule has 0 amide bonds. The van der Waals surface area contributed by atoms with E-state index < -0.39 is 5.97 Å². The van der Waals surface area contributed by atoms with Gasteiger partial charge in [-0.1, -0.05) is 11.6 Å². The van der Waals surface area contributed by atoms with Gasteiger partial charge in [-0.15, -0.1) is 11.3 Å². The number of aryl methyl sites for hydroxylation is 2. The van der Waals surface area contributed by atoms with Gasteiger partial charge in [-0.25, -0.2) is 9.78 Å². The minimum atomic E-state index is -1.22. The van der Waals surface area contributed by atoms with Gasteiger partial charge in [-0.3, -0.25) is 4.79 Å². The number of nitrogen functional groups attached to an aromatic ring is 1. The summed E-state index contributed by atoms with van der Waals surface area (Å²) in [5, 5.41) is 19.7. The molecular formula is C18H16ClN3O4S. The largest absolute Gasteiger partial charge is 0.506 e. The molecule has 2 heterocycles. The smallest absolute Gasteiger partial charge is 0.340 e. The zero-order chi connectivity index (χ0) is 19.7. The second kappa shape index (κ2) is 7.42. The molecule has 140 valence electrons. The number of ketones is 1. The number of hydrogen-bond acceptors (Lipinski definition) is 6. The summed E-state index contributed by atoms with van der Waals surface area (Å²) in [6.07, 6.45) is 3.68. The number of aromatic carboxylic acids is 1. The number of nitrogens with zero attached hydrogens (tertiary/aromatic N) is 2. The van der Waals surface area contributed by atoms with Crippen LogP contribution in [0.15, 0.2) is 30.6 Å². The van der Waals surface area contributed by atoms with Crippen LogP contribution in [0, 0.1) is 0 Å². The Morgan fingerprint density at radius 1 is 1.37 bits per heavy atom. The Hall–Kier alpha value is -2.84. The number of hydrogen-bond donors (Lipinski definition) is 3. The third-order valence-electron chi connectivity index (χ3n) is 4.09. The summed E-state index contributed by atoms with van der Waals surface area (Å²) in [6.45, 7) is 0. The molecule has 0 radical (unpaired) electrons. The van der Waals surface area contributed by atoms with Gasteiger partial charge in [0.25, 0.3) is 0 Å². The SMILES string of the molecule is Cn1cc(C(=O)CCc2cnc(-c3ccc(O)c(Cl)c3)s2)c(C(=O)O)c1N. The van der Waals surface area contributed by atoms with Crippen molar-refractivity contribution in [3.05, 3.63) is 51.6 Å². The zero-order valence-corrected chi connectivity index (χ0v) is 15.8. The zero-order valence-electron chi connectivity index (χ0n) is 14.3. The second-order valence-electron chi connectivity index (χ2n) is 5.94. The molecule has 0 aliphatic rings. The van der Waals surface area contributed by atoms with Crippen LogP contribution in [-0.4, -0.2) is 31.5 Å². The number of aromatic hydroxyl groups is 1. The molecule has 0 saturated heterocycles. The van der Waals surface area contributed by atoms with E-state index >= 15 is 0 Å². The van der Waals surface area contributed by atoms with Gasteiger partial charge in [0.05, 0.1) is 10.6 Å². The number of Topliss-reactive ketones (excluding diaryl/α,β-unsaturated/α-hetero) is 1. The number of anilines is 1. The fourth-order valence-electron chi connectivity index (χ4n) is 2.65. The molecule has 3 aromatic rings. The standard InChI is InChI=1S/C18H16ClN3O4S/c1-22-8-11(15(16(22)20)18(25)26)13(23)5-3-10-7-21-17(27-10)9-2-4-14(24)12(19)6-9/h2,4,6-8,24H,3,5,20H2,1H3,(H,25,26). The monoisotopic (exact) mass is 405 g/mol. The molecule has 0 spiro atoms. The first kappa shape index (κ1) is 18.9. The number of benzene rings is 1. The predicted molar refractivity (Wildman–Crippen MR) is 104 cm³/mol. The molecule has 0 fully saturated rings. The summed E-state index contributed by atoms with van der Waals surface area (Å²) in [6, 6.07) is 4.83. The third kappa shape index (κ3) is 3.81. The number of rotatable bonds is 6. The van der Waals surface area contributed by atoms with Gasteiger partial charge in [0.1, 0.15) is 22.1 Å². The summed E-state index contributed by atoms with van der Waals surface area (Å²) in [7, 11) is 1.59. The molecule has 9 heteroatoms. The van der Waals surface area contributed by atoms with Gasteiger partial charge < -0.3 is 20.5 Å². The Labute approximate surface area is 163 Å². The lowest BCUT2D eigenvalue weighted by molar-refractivity contribution is 0.0693. The van der Waals surface area contributed by atoms with E-state index in [1.165, 1.54) is 28.2 Å². The van der Waals surface area contributed by atoms with E-state index in [0.29, 0.717) is 6.42 Å². The van der Waals surface area contributed by atoms with Crippen LogP contribution in [0.3, 0.4) is 0 Å². The number of phenols is 1. The molecule has 0 aliphatic carbocycles. The molecule has 7 nitrogen and oxygen atoms in total. The van der Waals surface area contributed by atoms with E-state index in [0.717, 1.165) is 15.4 Å². The van der Waals surface area contributed by atoms with Crippen LogP contribution in [0.2, 0.25) is 5.02 Å². The van der Waals surface area contributed by atoms with Crippen molar-refractivity contribution in [1.29, 1.82) is 0 Å². The molecule has 0 atom stereocenters. The lowest BCUT2D eigenvalue weighted by Gasteiger charge is -2.00. The van der Waals surface area contributed by atoms with Gasteiger partial charge in [-0.2, -0.15) is 0 Å². The van der Waals surface area contributed by atoms with Crippen molar-refractivity contribution in [3.63, 3.8) is 0 Å². The number of carbonyl (C=O) groups is 2. The van der Waals surface area contributed by atoms with Crippen molar-refractivity contribution in [2.45, 2.75) is 12.8 Å². The Kier molecular flexibility index (Phi) is 5.20. The minimum absolute atomic E-state index is 0.000776. The normalized spacial score (nSPS) is 10.9. The van der Waals surface area contributed by atoms with E-state index in [-0.39, 0.29) is 39.9 Å². The molecule has 0 unspecified atom stereocenters. The average Bonchev–Trinajstić information content (AvgIpc) is 3.20. The van der Waals surface area contributed by atoms with Crippen molar-refractivity contribution in [2.24, 2.45) is 7.05 Å². The first-order chi connectivity index (χ1) is 12.8. The average molecular weight is 406 g/mol. The number of phenolic OH excluding ortho intramolecular Hbond substituents is 1. The Bertz CT molecular complexity index is 1040. The van der Waals surface area contributed by atoms with Crippen LogP contribution in [-0.2, 0) is 13.5 Å². The minimum Gasteiger partial charge on any atom is -0.506 e. The van der Waals surface area contributed by atoms with Crippen molar-refractivity contribution in [3.8, 4) is 16.3 Å². The Balaban J connectivity index is 1.74. The van der Waals surface area contributed by atoms with Gasteiger partial charge in [0.15, 0.2) is 5.78 Å². The molecule has 27 heavy (non-hydrogen) atoms. The lowest BCUT2D eigenvalue weighted by atomic mass is 10.0. The number of nitrogens with two attached hydrogens (primary N) is 1. The molecule has 0 saturated carbocycles. The summed E-state index contributed by atoms with van der Waals surface area (Å²) in [4.78, 5) is 29.0. The van der Waals surface area contributed by atoms with Crippen molar-refractivity contribution < 1.29 is 19.8 Å². The van der Waals surface area contributed by atoms with Crippen LogP contribution >= 0.6 is 22.9 Å². The molecule has 2 aromatic heterocycles. The maximum Gasteiger partial charge on any atom is 0.340 e. The van der Waals surface area contributed by atoms with Crippen LogP contribution in [0.25, 0.3) is 10.6 Å². The molecule has 1 aromatic carbocycles. The Morgan fingerprint density at radius 2 is 2.11 bits per heavy atom. The van der Waals surface area contributed by atoms with Crippen LogP contribution in [0.5, 0.6) is 5.75 Å². The number of halogens is 1. The van der Waals surface area contributed by atoms with E-state index in [1.807, 2.05) is 0 Å². The fraction of sp³-hybridized carbons (Fsp3) is 0.167. The van der Waals surface area contributed by atoms with E-state index in [2.05, 4.69) is 4.98 Å². The molecule has 4 N–H and O–H groups in total. The van der Waals surface area contributed by atoms with Crippen molar-refractivity contribution in [2.75, 3.05) is 5.73 Å². The number of carbonyl (C=O) groups excluding carboxylic acids is 1. The maximum atomic E-state index is 12.5. The molecule has 0 aliphatic heterocycles. The highest BCUT2D eigenvalue weighted by Crippen LogP contribution is 2.32. The summed E-state index contributed by atoms with van der Waals surface area (Å²) < 4.78 is 1.43. The second-order valence-corrected chi connectivity index (χ2v) is 7.46. The Morgan fingerprint density at radius 3 is 2.78 bits per heavy atom. The molecular weight excluding hydrogens is 390 g/mol. The number of thiazole rings is 1. The highest BCUT2D eigenvalue weighted by atomic mass is 35.5. The quantitative estimate of drug-likeness (QED) is 0.539. The first-order valence-corrected chi connectivity index (χ1v) is 9.12. The van der Waals surface area contributed by atoms with Crippen molar-refractivity contribution in [1.82, 2.24) is 9.55 Å². The van der Waals surface area contributed by atoms with Gasteiger partial charge in [0.2, 0.25) is 0 Å². The van der Waals surface area contributed by atoms with E-state index in [4.69, 9.17) is 17.3 Å². The number of carboxylic acid groups (broad SMARTS) is 1. The first-order valence-electron chi connectivity index (χ1n) is 7.92. The van der Waals surface area contributed by atoms with Crippen LogP contribution in [0.4, 0.5) is 5.82 Å². The summed E-state index contributed by atoms with van der Waals surface area (Å²) in [5.74, 6) is -1.46. The van der Waals surface area contributed by atoms with Gasteiger partial charge in [-0.05, 0) is 24.6 Å². The van der Waals surface area contributed by atoms with E-state index in [9.17, 15) is 19.8 Å². The number of carboxylic acids is 1. The highest BCUT2D eigenvalue weighted by Gasteiger charge is 2.23. The topological polar surface area (TPSA) is 118 Å². The van der Waals surface area contributed by atoms with Gasteiger partial charge in [0, 0.05) is 36.3 Å². The predicted octanol–water partition coefficient (Wildman–Crippen LogP) is 3.60. The highest BCUT2D eigenvalue weighted by molar-refractivity contribution is 7.15. The van der Waals surface area contributed by atoms with Crippen LogP contribution < -0.4 is 5.73 Å². The maximum absolute atomic E-state index is 12.5. The lowest BCUT2D eigenvalue weighted by Crippen LogP contribution is -2.08.